The summed E-state index contributed by atoms with van der Waals surface area (Å²) in [5.74, 6) is 0. The summed E-state index contributed by atoms with van der Waals surface area (Å²) in [6.45, 7) is 6.90. The minimum Gasteiger partial charge on any atom is -0.330 e. The molecule has 0 saturated heterocycles. The van der Waals surface area contributed by atoms with E-state index in [0.29, 0.717) is 6.54 Å². The minimum absolute atomic E-state index is 0.147. The quantitative estimate of drug-likeness (QED) is 0.900. The average molecular weight is 320 g/mol. The normalized spacial score (nSPS) is 12.2. The van der Waals surface area contributed by atoms with E-state index < -0.39 is 0 Å². The van der Waals surface area contributed by atoms with E-state index in [0.717, 1.165) is 22.6 Å². The predicted octanol–water partition coefficient (Wildman–Crippen LogP) is 3.52. The third kappa shape index (κ3) is 4.96. The van der Waals surface area contributed by atoms with E-state index in [9.17, 15) is 0 Å². The number of hydrogen-bond acceptors (Lipinski definition) is 2. The Morgan fingerprint density at radius 2 is 2.06 bits per heavy atom. The van der Waals surface area contributed by atoms with Crippen molar-refractivity contribution in [3.05, 3.63) is 33.3 Å². The Balaban J connectivity index is 2.62. The average Bonchev–Trinajstić information content (AvgIpc) is 2.23. The van der Waals surface area contributed by atoms with Gasteiger partial charge in [0.2, 0.25) is 0 Å². The Kier molecular flexibility index (Phi) is 5.45. The van der Waals surface area contributed by atoms with Gasteiger partial charge in [-0.2, -0.15) is 0 Å². The summed E-state index contributed by atoms with van der Waals surface area (Å²) in [4.78, 5) is 2.27. The molecule has 0 saturated carbocycles. The maximum absolute atomic E-state index is 6.07. The van der Waals surface area contributed by atoms with E-state index in [-0.39, 0.29) is 5.41 Å². The first-order valence-electron chi connectivity index (χ1n) is 5.66. The molecule has 0 amide bonds. The zero-order valence-electron chi connectivity index (χ0n) is 10.6. The number of benzene rings is 1. The molecule has 0 fully saturated rings. The summed E-state index contributed by atoms with van der Waals surface area (Å²) in [6.07, 6.45) is 0. The fraction of sp³-hybridized carbons (Fsp3) is 0.538. The Morgan fingerprint density at radius 1 is 1.41 bits per heavy atom. The van der Waals surface area contributed by atoms with E-state index >= 15 is 0 Å². The van der Waals surface area contributed by atoms with Gasteiger partial charge in [-0.1, -0.05) is 31.5 Å². The van der Waals surface area contributed by atoms with Crippen LogP contribution in [0.2, 0.25) is 5.02 Å². The lowest BCUT2D eigenvalue weighted by atomic mass is 9.93. The highest BCUT2D eigenvalue weighted by atomic mass is 79.9. The van der Waals surface area contributed by atoms with E-state index in [1.165, 1.54) is 5.56 Å². The first kappa shape index (κ1) is 15.0. The van der Waals surface area contributed by atoms with Crippen LogP contribution in [0.3, 0.4) is 0 Å². The maximum atomic E-state index is 6.07. The third-order valence-corrected chi connectivity index (χ3v) is 3.92. The van der Waals surface area contributed by atoms with Crippen LogP contribution in [-0.2, 0) is 6.54 Å². The van der Waals surface area contributed by atoms with Gasteiger partial charge in [-0.25, -0.2) is 0 Å². The van der Waals surface area contributed by atoms with Crippen molar-refractivity contribution in [1.82, 2.24) is 4.90 Å². The molecule has 0 bridgehead atoms. The smallest absolute Gasteiger partial charge is 0.0551 e. The Labute approximate surface area is 117 Å². The molecule has 4 heteroatoms. The zero-order valence-corrected chi connectivity index (χ0v) is 13.0. The van der Waals surface area contributed by atoms with Crippen LogP contribution < -0.4 is 5.73 Å². The largest absolute Gasteiger partial charge is 0.330 e. The van der Waals surface area contributed by atoms with Crippen LogP contribution in [0, 0.1) is 5.41 Å². The second-order valence-corrected chi connectivity index (χ2v) is 6.55. The van der Waals surface area contributed by atoms with E-state index in [2.05, 4.69) is 47.8 Å². The molecule has 0 aliphatic heterocycles. The van der Waals surface area contributed by atoms with Gasteiger partial charge in [0.1, 0.15) is 0 Å². The van der Waals surface area contributed by atoms with Crippen molar-refractivity contribution in [2.45, 2.75) is 20.4 Å². The number of nitrogens with two attached hydrogens (primary N) is 1. The molecule has 1 rings (SSSR count). The number of halogens is 2. The van der Waals surface area contributed by atoms with Gasteiger partial charge in [0.15, 0.2) is 0 Å². The monoisotopic (exact) mass is 318 g/mol. The van der Waals surface area contributed by atoms with Crippen molar-refractivity contribution < 1.29 is 0 Å². The number of nitrogens with zero attached hydrogens (tertiary/aromatic N) is 1. The fourth-order valence-corrected chi connectivity index (χ4v) is 2.25. The predicted molar refractivity (Wildman–Crippen MR) is 78.3 cm³/mol. The highest BCUT2D eigenvalue weighted by Crippen LogP contribution is 2.24. The molecular weight excluding hydrogens is 300 g/mol. The molecule has 0 aliphatic carbocycles. The Morgan fingerprint density at radius 3 is 2.59 bits per heavy atom. The van der Waals surface area contributed by atoms with Crippen LogP contribution >= 0.6 is 27.5 Å². The molecule has 0 atom stereocenters. The number of hydrogen-bond donors (Lipinski definition) is 1. The molecule has 0 aliphatic rings. The maximum Gasteiger partial charge on any atom is 0.0551 e. The van der Waals surface area contributed by atoms with Crippen molar-refractivity contribution in [3.8, 4) is 0 Å². The first-order chi connectivity index (χ1) is 7.84. The van der Waals surface area contributed by atoms with Gasteiger partial charge < -0.3 is 10.6 Å². The molecular formula is C13H20BrClN2. The van der Waals surface area contributed by atoms with Crippen LogP contribution in [0.15, 0.2) is 22.7 Å². The topological polar surface area (TPSA) is 29.3 Å². The van der Waals surface area contributed by atoms with Crippen LogP contribution in [0.25, 0.3) is 0 Å². The molecule has 0 radical (unpaired) electrons. The molecule has 96 valence electrons. The molecule has 2 N–H and O–H groups in total. The SMILES string of the molecule is CN(Cc1ccc(Br)c(Cl)c1)CC(C)(C)CN. The lowest BCUT2D eigenvalue weighted by molar-refractivity contribution is 0.210. The van der Waals surface area contributed by atoms with Gasteiger partial charge in [0.05, 0.1) is 5.02 Å². The number of rotatable bonds is 5. The van der Waals surface area contributed by atoms with Crippen molar-refractivity contribution in [3.63, 3.8) is 0 Å². The summed E-state index contributed by atoms with van der Waals surface area (Å²) in [7, 11) is 2.10. The lowest BCUT2D eigenvalue weighted by Gasteiger charge is -2.29. The Bertz CT molecular complexity index is 380. The van der Waals surface area contributed by atoms with Crippen molar-refractivity contribution in [1.29, 1.82) is 0 Å². The summed E-state index contributed by atoms with van der Waals surface area (Å²) < 4.78 is 0.938. The molecule has 1 aromatic carbocycles. The standard InChI is InChI=1S/C13H20BrClN2/c1-13(2,8-16)9-17(3)7-10-4-5-11(14)12(15)6-10/h4-6H,7-9,16H2,1-3H3. The van der Waals surface area contributed by atoms with Gasteiger partial charge in [-0.05, 0) is 52.6 Å². The van der Waals surface area contributed by atoms with Gasteiger partial charge in [0, 0.05) is 17.6 Å². The van der Waals surface area contributed by atoms with E-state index in [1.807, 2.05) is 12.1 Å². The van der Waals surface area contributed by atoms with Gasteiger partial charge >= 0.3 is 0 Å². The van der Waals surface area contributed by atoms with Crippen LogP contribution in [0.1, 0.15) is 19.4 Å². The van der Waals surface area contributed by atoms with Gasteiger partial charge in [-0.15, -0.1) is 0 Å². The van der Waals surface area contributed by atoms with Crippen LogP contribution in [0.4, 0.5) is 0 Å². The van der Waals surface area contributed by atoms with Crippen LogP contribution in [0.5, 0.6) is 0 Å². The second-order valence-electron chi connectivity index (χ2n) is 5.29. The summed E-state index contributed by atoms with van der Waals surface area (Å²) in [5.41, 5.74) is 7.10. The first-order valence-corrected chi connectivity index (χ1v) is 6.84. The minimum atomic E-state index is 0.147. The second kappa shape index (κ2) is 6.19. The van der Waals surface area contributed by atoms with Crippen LogP contribution in [-0.4, -0.2) is 25.0 Å². The summed E-state index contributed by atoms with van der Waals surface area (Å²) in [6, 6.07) is 6.07. The molecule has 17 heavy (non-hydrogen) atoms. The molecule has 2 nitrogen and oxygen atoms in total. The Hall–Kier alpha value is -0.0900. The van der Waals surface area contributed by atoms with Crippen molar-refractivity contribution in [2.75, 3.05) is 20.1 Å². The molecule has 0 aromatic heterocycles. The van der Waals surface area contributed by atoms with E-state index in [4.69, 9.17) is 17.3 Å². The molecule has 0 unspecified atom stereocenters. The van der Waals surface area contributed by atoms with Crippen molar-refractivity contribution >= 4 is 27.5 Å². The van der Waals surface area contributed by atoms with Crippen molar-refractivity contribution in [2.24, 2.45) is 11.1 Å². The lowest BCUT2D eigenvalue weighted by Crippen LogP contribution is -2.36. The fourth-order valence-electron chi connectivity index (χ4n) is 1.80. The summed E-state index contributed by atoms with van der Waals surface area (Å²) >= 11 is 9.47. The highest BCUT2D eigenvalue weighted by Gasteiger charge is 2.18. The van der Waals surface area contributed by atoms with E-state index in [1.54, 1.807) is 0 Å². The van der Waals surface area contributed by atoms with Gasteiger partial charge in [-0.3, -0.25) is 0 Å². The molecule has 0 spiro atoms. The van der Waals surface area contributed by atoms with Gasteiger partial charge in [0.25, 0.3) is 0 Å². The highest BCUT2D eigenvalue weighted by molar-refractivity contribution is 9.10. The molecule has 1 aromatic rings. The third-order valence-electron chi connectivity index (χ3n) is 2.69. The molecule has 0 heterocycles. The summed E-state index contributed by atoms with van der Waals surface area (Å²) in [5, 5.41) is 0.758. The zero-order chi connectivity index (χ0) is 13.1.